The molecule has 0 aliphatic heterocycles. The van der Waals surface area contributed by atoms with Crippen molar-refractivity contribution < 1.29 is 19.8 Å². The molecule has 0 saturated carbocycles. The van der Waals surface area contributed by atoms with Crippen LogP contribution in [0.15, 0.2) is 47.5 Å². The quantitative estimate of drug-likeness (QED) is 0.280. The van der Waals surface area contributed by atoms with Gasteiger partial charge in [0.25, 0.3) is 5.56 Å². The molecule has 3 heterocycles. The number of hydrogen-bond donors (Lipinski definition) is 3. The number of benzene rings is 1. The van der Waals surface area contributed by atoms with Crippen molar-refractivity contribution in [1.82, 2.24) is 19.3 Å². The third-order valence-electron chi connectivity index (χ3n) is 5.58. The summed E-state index contributed by atoms with van der Waals surface area (Å²) in [6.45, 7) is -0.397. The highest BCUT2D eigenvalue weighted by atomic mass is 35.5. The van der Waals surface area contributed by atoms with Crippen molar-refractivity contribution in [1.29, 1.82) is 0 Å². The van der Waals surface area contributed by atoms with Crippen LogP contribution in [0.3, 0.4) is 0 Å². The van der Waals surface area contributed by atoms with E-state index in [1.54, 1.807) is 48.1 Å². The number of rotatable bonds is 9. The summed E-state index contributed by atoms with van der Waals surface area (Å²) in [6, 6.07) is 8.20. The highest BCUT2D eigenvalue weighted by molar-refractivity contribution is 6.39. The Balaban J connectivity index is 1.67. The third kappa shape index (κ3) is 5.07. The Kier molecular flexibility index (Phi) is 7.60. The zero-order valence-corrected chi connectivity index (χ0v) is 20.9. The van der Waals surface area contributed by atoms with E-state index in [-0.39, 0.29) is 35.8 Å². The first-order valence-corrected chi connectivity index (χ1v) is 11.7. The van der Waals surface area contributed by atoms with Gasteiger partial charge in [-0.2, -0.15) is 4.98 Å². The number of Topliss-reactive ketones (excluding diaryl/α,β-unsaturated/α-hetero) is 1. The number of halogens is 2. The van der Waals surface area contributed by atoms with Crippen LogP contribution in [0.25, 0.3) is 22.2 Å². The van der Waals surface area contributed by atoms with E-state index in [1.165, 1.54) is 13.3 Å². The molecule has 12 heteroatoms. The number of anilines is 2. The molecule has 10 nitrogen and oxygen atoms in total. The Labute approximate surface area is 215 Å². The number of hydrogen-bond acceptors (Lipinski definition) is 8. The van der Waals surface area contributed by atoms with Gasteiger partial charge in [-0.3, -0.25) is 9.59 Å². The van der Waals surface area contributed by atoms with Crippen LogP contribution in [-0.4, -0.2) is 55.1 Å². The number of aromatic nitrogens is 4. The van der Waals surface area contributed by atoms with Crippen LogP contribution in [-0.2, 0) is 7.05 Å². The first-order valence-electron chi connectivity index (χ1n) is 10.9. The number of nitrogens with zero attached hydrogens (tertiary/aromatic N) is 4. The van der Waals surface area contributed by atoms with E-state index in [0.29, 0.717) is 32.4 Å². The number of carbonyl (C=O) groups excluding carboxylic acids is 1. The van der Waals surface area contributed by atoms with Gasteiger partial charge in [0.1, 0.15) is 7.11 Å². The molecule has 1 atom stereocenters. The second-order valence-corrected chi connectivity index (χ2v) is 8.87. The topological polar surface area (TPSA) is 132 Å². The molecule has 3 aromatic heterocycles. The molecule has 0 aliphatic carbocycles. The van der Waals surface area contributed by atoms with Gasteiger partial charge < -0.3 is 24.9 Å². The predicted molar refractivity (Wildman–Crippen MR) is 137 cm³/mol. The summed E-state index contributed by atoms with van der Waals surface area (Å²) in [5.74, 6) is -0.00649. The average Bonchev–Trinajstić information content (AvgIpc) is 3.22. The van der Waals surface area contributed by atoms with E-state index in [9.17, 15) is 14.7 Å². The normalized spacial score (nSPS) is 12.1. The van der Waals surface area contributed by atoms with E-state index in [4.69, 9.17) is 33.1 Å². The van der Waals surface area contributed by atoms with Crippen molar-refractivity contribution in [3.8, 4) is 11.1 Å². The molecule has 0 amide bonds. The summed E-state index contributed by atoms with van der Waals surface area (Å²) in [5, 5.41) is 22.6. The molecule has 0 saturated heterocycles. The lowest BCUT2D eigenvalue weighted by atomic mass is 10.1. The predicted octanol–water partition coefficient (Wildman–Crippen LogP) is 3.22. The zero-order chi connectivity index (χ0) is 26.0. The summed E-state index contributed by atoms with van der Waals surface area (Å²) in [6.07, 6.45) is 2.52. The SMILES string of the molecule is COn1c(=O)c(-c2c(Cl)cccc2Cl)cc2cnc(Nc3cc(C(=O)CC[C@@H](O)CO)n(C)c3)nc21. The van der Waals surface area contributed by atoms with Crippen LogP contribution in [0.5, 0.6) is 0 Å². The smallest absolute Gasteiger partial charge is 0.293 e. The van der Waals surface area contributed by atoms with Crippen molar-refractivity contribution in [2.24, 2.45) is 7.05 Å². The summed E-state index contributed by atoms with van der Waals surface area (Å²) in [4.78, 5) is 39.8. The summed E-state index contributed by atoms with van der Waals surface area (Å²) in [5.41, 5.74) is 1.31. The molecule has 1 aromatic carbocycles. The third-order valence-corrected chi connectivity index (χ3v) is 6.21. The number of fused-ring (bicyclic) bond motifs is 1. The lowest BCUT2D eigenvalue weighted by molar-refractivity contribution is 0.0776. The minimum atomic E-state index is -0.939. The monoisotopic (exact) mass is 531 g/mol. The maximum absolute atomic E-state index is 13.2. The van der Waals surface area contributed by atoms with Gasteiger partial charge in [0.2, 0.25) is 5.95 Å². The average molecular weight is 532 g/mol. The largest absolute Gasteiger partial charge is 0.412 e. The lowest BCUT2D eigenvalue weighted by Crippen LogP contribution is -2.27. The van der Waals surface area contributed by atoms with Gasteiger partial charge in [0, 0.05) is 36.8 Å². The maximum Gasteiger partial charge on any atom is 0.293 e. The Bertz CT molecular complexity index is 1480. The minimum Gasteiger partial charge on any atom is -0.412 e. The van der Waals surface area contributed by atoms with Crippen LogP contribution < -0.4 is 15.7 Å². The molecule has 4 aromatic rings. The molecule has 0 fully saturated rings. The van der Waals surface area contributed by atoms with Gasteiger partial charge in [-0.05, 0) is 30.7 Å². The first-order chi connectivity index (χ1) is 17.2. The molecule has 4 rings (SSSR count). The van der Waals surface area contributed by atoms with Gasteiger partial charge in [-0.1, -0.05) is 29.3 Å². The van der Waals surface area contributed by atoms with Crippen molar-refractivity contribution in [2.45, 2.75) is 18.9 Å². The van der Waals surface area contributed by atoms with E-state index in [2.05, 4.69) is 15.3 Å². The fourth-order valence-corrected chi connectivity index (χ4v) is 4.39. The number of aliphatic hydroxyl groups is 2. The summed E-state index contributed by atoms with van der Waals surface area (Å²) < 4.78 is 2.67. The number of aryl methyl sites for hydroxylation is 1. The van der Waals surface area contributed by atoms with Crippen LogP contribution in [0.1, 0.15) is 23.3 Å². The van der Waals surface area contributed by atoms with E-state index in [0.717, 1.165) is 4.73 Å². The van der Waals surface area contributed by atoms with Gasteiger partial charge in [-0.25, -0.2) is 4.98 Å². The number of aliphatic hydroxyl groups excluding tert-OH is 2. The minimum absolute atomic E-state index is 0.0867. The summed E-state index contributed by atoms with van der Waals surface area (Å²) >= 11 is 12.6. The van der Waals surface area contributed by atoms with E-state index < -0.39 is 18.3 Å². The highest BCUT2D eigenvalue weighted by Crippen LogP contribution is 2.33. The molecule has 36 heavy (non-hydrogen) atoms. The van der Waals surface area contributed by atoms with E-state index >= 15 is 0 Å². The van der Waals surface area contributed by atoms with Gasteiger partial charge in [0.15, 0.2) is 11.4 Å². The van der Waals surface area contributed by atoms with Crippen LogP contribution >= 0.6 is 23.2 Å². The van der Waals surface area contributed by atoms with Crippen molar-refractivity contribution in [2.75, 3.05) is 19.0 Å². The summed E-state index contributed by atoms with van der Waals surface area (Å²) in [7, 11) is 3.06. The van der Waals surface area contributed by atoms with Gasteiger partial charge in [-0.15, -0.1) is 4.73 Å². The second kappa shape index (κ2) is 10.7. The molecular formula is C24H23Cl2N5O5. The Hall–Kier alpha value is -3.44. The number of pyridine rings is 1. The van der Waals surface area contributed by atoms with Crippen molar-refractivity contribution >= 4 is 51.7 Å². The lowest BCUT2D eigenvalue weighted by Gasteiger charge is -2.13. The molecule has 0 aliphatic rings. The van der Waals surface area contributed by atoms with Gasteiger partial charge >= 0.3 is 0 Å². The Morgan fingerprint density at radius 1 is 1.25 bits per heavy atom. The standard InChI is InChI=1S/C24H23Cl2N5O5/c1-30-11-14(9-19(30)20(34)7-6-15(33)12-32)28-24-27-10-13-8-16(21-17(25)4-3-5-18(21)26)23(35)31(36-2)22(13)29-24/h3-5,8-11,15,32-33H,6-7,12H2,1-2H3,(H,27,28,29)/t15-/m1/s1. The fourth-order valence-electron chi connectivity index (χ4n) is 3.79. The first kappa shape index (κ1) is 25.6. The van der Waals surface area contributed by atoms with Gasteiger partial charge in [0.05, 0.1) is 39.7 Å². The number of ketones is 1. The molecule has 0 spiro atoms. The Morgan fingerprint density at radius 3 is 2.64 bits per heavy atom. The Morgan fingerprint density at radius 2 is 1.97 bits per heavy atom. The molecule has 188 valence electrons. The second-order valence-electron chi connectivity index (χ2n) is 8.06. The van der Waals surface area contributed by atoms with Crippen LogP contribution in [0, 0.1) is 0 Å². The number of nitrogens with one attached hydrogen (secondary N) is 1. The zero-order valence-electron chi connectivity index (χ0n) is 19.4. The number of carbonyl (C=O) groups is 1. The van der Waals surface area contributed by atoms with Crippen molar-refractivity contribution in [3.63, 3.8) is 0 Å². The highest BCUT2D eigenvalue weighted by Gasteiger charge is 2.19. The molecule has 0 unspecified atom stereocenters. The van der Waals surface area contributed by atoms with E-state index in [1.807, 2.05) is 0 Å². The van der Waals surface area contributed by atoms with Crippen molar-refractivity contribution in [3.05, 3.63) is 68.8 Å². The van der Waals surface area contributed by atoms with Crippen LogP contribution in [0.2, 0.25) is 10.0 Å². The maximum atomic E-state index is 13.2. The molecule has 0 radical (unpaired) electrons. The molecular weight excluding hydrogens is 509 g/mol. The molecule has 3 N–H and O–H groups in total. The molecule has 0 bridgehead atoms. The fraction of sp³-hybridized carbons (Fsp3) is 0.250. The van der Waals surface area contributed by atoms with Crippen LogP contribution in [0.4, 0.5) is 11.6 Å².